The third-order valence-electron chi connectivity index (χ3n) is 12.0. The number of fused-ring (bicyclic) bond motifs is 2. The summed E-state index contributed by atoms with van der Waals surface area (Å²) >= 11 is 0. The van der Waals surface area contributed by atoms with Gasteiger partial charge in [-0.3, -0.25) is 53.4 Å². The summed E-state index contributed by atoms with van der Waals surface area (Å²) in [6, 6.07) is 9.07. The molecule has 0 aliphatic rings. The van der Waals surface area contributed by atoms with E-state index < -0.39 is 35.7 Å². The van der Waals surface area contributed by atoms with E-state index in [2.05, 4.69) is 42.3 Å². The molecule has 0 radical (unpaired) electrons. The highest BCUT2D eigenvalue weighted by molar-refractivity contribution is 6.05. The number of nitrogens with zero attached hydrogens (tertiary/aromatic N) is 10. The first-order valence-corrected chi connectivity index (χ1v) is 25.4. The van der Waals surface area contributed by atoms with Crippen molar-refractivity contribution in [3.8, 4) is 11.5 Å². The Labute approximate surface area is 455 Å². The summed E-state index contributed by atoms with van der Waals surface area (Å²) in [7, 11) is 5.88. The number of aromatic nitrogens is 10. The number of methoxy groups -OCH3 is 2. The standard InChI is InChI=1S/C52H63N15O10.CH5N/c1-8-66-40(21-32(3)61-66)49(72)59-51-57-38-23-34(31-68)24-42(77-20-14-15-54-5)46(38)64(51)17-10-11-18-65-47-39(58-52(65)60-50(73)41-22-33(4)62-67(41)9-2)25-35(48(53)71)26-43(47)76-19-13-12-16-63-30-37(29-55-63)56-36(27-44(69)74-6)28-45(70)75-7;1-2/h10-13,21-26,29-31,36,54,56H,8-9,14-20,27-28H2,1-7H3,(H2,53,71)(H,57,59,72)(H,58,60,73);2H2,1H3/b11-10+,13-12+;. The number of carbonyl (C=O) groups excluding carboxylic acids is 6. The molecular weight excluding hydrogens is 1020 g/mol. The third-order valence-corrected chi connectivity index (χ3v) is 12.0. The molecule has 2 aromatic carbocycles. The second-order valence-corrected chi connectivity index (χ2v) is 17.6. The van der Waals surface area contributed by atoms with Gasteiger partial charge in [-0.1, -0.05) is 18.2 Å². The topological polar surface area (TPSA) is 329 Å². The fourth-order valence-electron chi connectivity index (χ4n) is 8.42. The molecule has 0 aliphatic heterocycles. The van der Waals surface area contributed by atoms with E-state index in [4.69, 9.17) is 34.6 Å². The molecule has 7 rings (SSSR count). The lowest BCUT2D eigenvalue weighted by atomic mass is 10.1. The Kier molecular flexibility index (Phi) is 21.1. The number of amides is 3. The normalized spacial score (nSPS) is 11.3. The van der Waals surface area contributed by atoms with Gasteiger partial charge < -0.3 is 50.2 Å². The number of aldehydes is 1. The lowest BCUT2D eigenvalue weighted by Gasteiger charge is -2.16. The van der Waals surface area contributed by atoms with Crippen LogP contribution in [0.5, 0.6) is 11.5 Å². The zero-order valence-electron chi connectivity index (χ0n) is 45.6. The van der Waals surface area contributed by atoms with E-state index >= 15 is 0 Å². The molecule has 26 heteroatoms. The Balaban J connectivity index is 0.00000498. The number of hydrogen-bond acceptors (Lipinski definition) is 18. The summed E-state index contributed by atoms with van der Waals surface area (Å²) in [6.07, 6.45) is 11.8. The molecule has 5 heterocycles. The van der Waals surface area contributed by atoms with E-state index in [0.29, 0.717) is 107 Å². The number of nitrogens with two attached hydrogens (primary N) is 2. The molecule has 0 fully saturated rings. The van der Waals surface area contributed by atoms with E-state index in [9.17, 15) is 28.8 Å². The van der Waals surface area contributed by atoms with Crippen LogP contribution in [0, 0.1) is 13.8 Å². The van der Waals surface area contributed by atoms with Crippen LogP contribution in [0.2, 0.25) is 0 Å². The van der Waals surface area contributed by atoms with E-state index in [1.165, 1.54) is 33.4 Å². The number of primary amides is 1. The van der Waals surface area contributed by atoms with E-state index in [0.717, 1.165) is 0 Å². The molecule has 5 aromatic heterocycles. The summed E-state index contributed by atoms with van der Waals surface area (Å²) in [5.74, 6) is -1.67. The number of hydrogen-bond donors (Lipinski definition) is 6. The van der Waals surface area contributed by atoms with Gasteiger partial charge in [0.25, 0.3) is 11.8 Å². The van der Waals surface area contributed by atoms with E-state index in [1.807, 2.05) is 39.1 Å². The summed E-state index contributed by atoms with van der Waals surface area (Å²) in [5.41, 5.74) is 15.0. The average Bonchev–Trinajstić information content (AvgIpc) is 4.40. The predicted octanol–water partition coefficient (Wildman–Crippen LogP) is 4.41. The van der Waals surface area contributed by atoms with E-state index in [1.54, 1.807) is 79.8 Å². The molecule has 79 heavy (non-hydrogen) atoms. The Morgan fingerprint density at radius 2 is 1.27 bits per heavy atom. The number of benzene rings is 2. The number of allylic oxidation sites excluding steroid dienone is 3. The first-order chi connectivity index (χ1) is 38.2. The van der Waals surface area contributed by atoms with Crippen LogP contribution in [-0.2, 0) is 51.8 Å². The fraction of sp³-hybridized carbons (Fsp3) is 0.377. The maximum Gasteiger partial charge on any atom is 0.307 e. The van der Waals surface area contributed by atoms with Crippen molar-refractivity contribution in [1.29, 1.82) is 0 Å². The summed E-state index contributed by atoms with van der Waals surface area (Å²) < 4.78 is 30.5. The van der Waals surface area contributed by atoms with Crippen LogP contribution >= 0.6 is 0 Å². The quantitative estimate of drug-likeness (QED) is 0.0171. The molecule has 26 nitrogen and oxygen atoms in total. The highest BCUT2D eigenvalue weighted by Crippen LogP contribution is 2.33. The van der Waals surface area contributed by atoms with Crippen LogP contribution in [0.4, 0.5) is 17.6 Å². The number of carbonyl (C=O) groups is 6. The van der Waals surface area contributed by atoms with Crippen molar-refractivity contribution in [2.45, 2.75) is 85.7 Å². The summed E-state index contributed by atoms with van der Waals surface area (Å²) in [6.45, 7) is 9.85. The van der Waals surface area contributed by atoms with Crippen LogP contribution in [0.15, 0.2) is 73.1 Å². The number of rotatable bonds is 28. The second-order valence-electron chi connectivity index (χ2n) is 17.6. The Hall–Kier alpha value is -9.17. The van der Waals surface area contributed by atoms with Crippen LogP contribution in [0.3, 0.4) is 0 Å². The minimum Gasteiger partial charge on any atom is -0.491 e. The van der Waals surface area contributed by atoms with Crippen LogP contribution < -0.4 is 42.2 Å². The Morgan fingerprint density at radius 3 is 1.78 bits per heavy atom. The third kappa shape index (κ3) is 15.1. The molecule has 0 bridgehead atoms. The first kappa shape index (κ1) is 59.1. The first-order valence-electron chi connectivity index (χ1n) is 25.4. The molecule has 0 saturated heterocycles. The molecule has 7 aromatic rings. The highest BCUT2D eigenvalue weighted by Gasteiger charge is 2.24. The van der Waals surface area contributed by atoms with Gasteiger partial charge >= 0.3 is 11.9 Å². The molecule has 0 saturated carbocycles. The lowest BCUT2D eigenvalue weighted by molar-refractivity contribution is -0.142. The van der Waals surface area contributed by atoms with Gasteiger partial charge in [-0.05, 0) is 97.2 Å². The van der Waals surface area contributed by atoms with Gasteiger partial charge in [0.05, 0.1) is 74.5 Å². The summed E-state index contributed by atoms with van der Waals surface area (Å²) in [4.78, 5) is 86.4. The van der Waals surface area contributed by atoms with Crippen LogP contribution in [0.1, 0.15) is 86.2 Å². The van der Waals surface area contributed by atoms with Crippen LogP contribution in [0.25, 0.3) is 22.1 Å². The molecule has 0 atom stereocenters. The van der Waals surface area contributed by atoms with Crippen LogP contribution in [-0.4, -0.2) is 139 Å². The maximum absolute atomic E-state index is 14.0. The van der Waals surface area contributed by atoms with Crippen molar-refractivity contribution < 1.29 is 47.7 Å². The van der Waals surface area contributed by atoms with Gasteiger partial charge in [0.2, 0.25) is 17.8 Å². The smallest absolute Gasteiger partial charge is 0.307 e. The van der Waals surface area contributed by atoms with Crippen molar-refractivity contribution in [3.63, 3.8) is 0 Å². The molecule has 0 aliphatic carbocycles. The van der Waals surface area contributed by atoms with Crippen molar-refractivity contribution in [3.05, 3.63) is 107 Å². The molecule has 3 amide bonds. The summed E-state index contributed by atoms with van der Waals surface area (Å²) in [5, 5.41) is 25.4. The van der Waals surface area contributed by atoms with Crippen molar-refractivity contribution in [1.82, 2.24) is 53.8 Å². The van der Waals surface area contributed by atoms with Gasteiger partial charge in [0, 0.05) is 49.5 Å². The number of ether oxygens (including phenoxy) is 4. The fourth-order valence-corrected chi connectivity index (χ4v) is 8.42. The van der Waals surface area contributed by atoms with Gasteiger partial charge in [0.15, 0.2) is 0 Å². The number of anilines is 3. The Morgan fingerprint density at radius 1 is 0.722 bits per heavy atom. The number of nitrogens with one attached hydrogen (secondary N) is 4. The largest absolute Gasteiger partial charge is 0.491 e. The van der Waals surface area contributed by atoms with Crippen molar-refractivity contribution >= 4 is 75.6 Å². The highest BCUT2D eigenvalue weighted by atomic mass is 16.5. The van der Waals surface area contributed by atoms with E-state index in [-0.39, 0.29) is 55.7 Å². The SMILES string of the molecule is CCn1nc(C)cc1C(=O)Nc1nc2cc(C(N)=O)cc(OC/C=C/Cn3cc(NC(CC(=O)OC)CC(=O)OC)cn3)c2n1C/C=C/Cn1c(NC(=O)c2cc(C)nn2CC)nc2cc(C=O)cc(OCCCNC)c21.CN. The average molecular weight is 1090 g/mol. The monoisotopic (exact) mass is 1090 g/mol. The van der Waals surface area contributed by atoms with Crippen molar-refractivity contribution in [2.24, 2.45) is 11.5 Å². The molecule has 8 N–H and O–H groups in total. The van der Waals surface area contributed by atoms with Gasteiger partial charge in [-0.25, -0.2) is 9.97 Å². The number of aryl methyl sites for hydroxylation is 4. The maximum atomic E-state index is 14.0. The zero-order chi connectivity index (χ0) is 57.2. The van der Waals surface area contributed by atoms with Crippen molar-refractivity contribution in [2.75, 3.05) is 64.0 Å². The second kappa shape index (κ2) is 28.3. The minimum atomic E-state index is -0.728. The molecular formula is C53H68N16O10. The van der Waals surface area contributed by atoms with Gasteiger partial charge in [-0.15, -0.1) is 0 Å². The predicted molar refractivity (Wildman–Crippen MR) is 295 cm³/mol. The van der Waals surface area contributed by atoms with Gasteiger partial charge in [0.1, 0.15) is 46.8 Å². The van der Waals surface area contributed by atoms with Gasteiger partial charge in [-0.2, -0.15) is 15.3 Å². The molecule has 0 spiro atoms. The molecule has 420 valence electrons. The zero-order valence-corrected chi connectivity index (χ0v) is 45.6. The minimum absolute atomic E-state index is 0.0215. The number of imidazole rings is 2. The Bertz CT molecular complexity index is 3330. The lowest BCUT2D eigenvalue weighted by Crippen LogP contribution is -2.27. The molecule has 0 unspecified atom stereocenters. The number of esters is 2.